The highest BCUT2D eigenvalue weighted by Gasteiger charge is 2.58. The molecule has 1 heterocycles. The summed E-state index contributed by atoms with van der Waals surface area (Å²) in [6.07, 6.45) is -8.81. The van der Waals surface area contributed by atoms with E-state index in [0.717, 1.165) is 0 Å². The normalized spacial score (nSPS) is 28.6. The van der Waals surface area contributed by atoms with E-state index in [9.17, 15) is 17.6 Å². The minimum atomic E-state index is -4.76. The molecule has 2 unspecified atom stereocenters. The van der Waals surface area contributed by atoms with Gasteiger partial charge in [-0.05, 0) is 19.1 Å². The average molecular weight is 442 g/mol. The second kappa shape index (κ2) is 6.65. The van der Waals surface area contributed by atoms with Crippen molar-refractivity contribution in [1.29, 1.82) is 0 Å². The third kappa shape index (κ3) is 3.93. The van der Waals surface area contributed by atoms with E-state index >= 15 is 0 Å². The number of halogens is 7. The van der Waals surface area contributed by atoms with Crippen molar-refractivity contribution in [1.82, 2.24) is 0 Å². The molecule has 0 amide bonds. The van der Waals surface area contributed by atoms with E-state index in [1.54, 1.807) is 0 Å². The smallest absolute Gasteiger partial charge is 0.343 e. The molecule has 1 saturated heterocycles. The van der Waals surface area contributed by atoms with E-state index in [4.69, 9.17) is 32.7 Å². The lowest BCUT2D eigenvalue weighted by molar-refractivity contribution is -0.400. The molecule has 0 bridgehead atoms. The van der Waals surface area contributed by atoms with Gasteiger partial charge >= 0.3 is 12.5 Å². The van der Waals surface area contributed by atoms with Crippen LogP contribution in [-0.4, -0.2) is 30.3 Å². The van der Waals surface area contributed by atoms with Gasteiger partial charge in [0.15, 0.2) is 5.79 Å². The molecular formula is C13H11BrCl2F4O3. The van der Waals surface area contributed by atoms with Crippen molar-refractivity contribution in [2.75, 3.05) is 11.9 Å². The third-order valence-electron chi connectivity index (χ3n) is 3.09. The van der Waals surface area contributed by atoms with Crippen LogP contribution in [0.3, 0.4) is 0 Å². The van der Waals surface area contributed by atoms with Crippen LogP contribution in [0.5, 0.6) is 0 Å². The lowest BCUT2D eigenvalue weighted by Gasteiger charge is -2.33. The summed E-state index contributed by atoms with van der Waals surface area (Å²) in [6.45, 7) is 0.885. The lowest BCUT2D eigenvalue weighted by atomic mass is 10.1. The molecule has 0 spiro atoms. The van der Waals surface area contributed by atoms with Gasteiger partial charge in [0.2, 0.25) is 5.79 Å². The van der Waals surface area contributed by atoms with Gasteiger partial charge < -0.3 is 9.47 Å². The van der Waals surface area contributed by atoms with Gasteiger partial charge in [0.05, 0.1) is 10.4 Å². The van der Waals surface area contributed by atoms with Gasteiger partial charge in [-0.15, -0.1) is 0 Å². The maximum Gasteiger partial charge on any atom is 0.419 e. The number of hydrogen-bond acceptors (Lipinski definition) is 3. The van der Waals surface area contributed by atoms with Gasteiger partial charge in [0.1, 0.15) is 6.61 Å². The summed E-state index contributed by atoms with van der Waals surface area (Å²) in [5.41, 5.74) is -0.0893. The van der Waals surface area contributed by atoms with Crippen molar-refractivity contribution < 1.29 is 31.8 Å². The summed E-state index contributed by atoms with van der Waals surface area (Å²) in [7, 11) is 0. The molecule has 2 atom stereocenters. The molecule has 0 aromatic heterocycles. The summed E-state index contributed by atoms with van der Waals surface area (Å²) in [5, 5.41) is 0.248. The zero-order valence-electron chi connectivity index (χ0n) is 11.6. The summed E-state index contributed by atoms with van der Waals surface area (Å²) < 4.78 is 67.3. The molecular weight excluding hydrogens is 431 g/mol. The van der Waals surface area contributed by atoms with E-state index in [-0.39, 0.29) is 20.9 Å². The first-order valence-electron chi connectivity index (χ1n) is 6.25. The molecule has 1 aliphatic rings. The average Bonchev–Trinajstić information content (AvgIpc) is 2.77. The monoisotopic (exact) mass is 440 g/mol. The second-order valence-corrected chi connectivity index (χ2v) is 6.40. The van der Waals surface area contributed by atoms with Crippen molar-refractivity contribution in [3.8, 4) is 0 Å². The summed E-state index contributed by atoms with van der Waals surface area (Å²) in [6, 6.07) is 3.87. The zero-order valence-corrected chi connectivity index (χ0v) is 14.7. The van der Waals surface area contributed by atoms with E-state index < -0.39 is 30.7 Å². The predicted octanol–water partition coefficient (Wildman–Crippen LogP) is 5.18. The molecule has 23 heavy (non-hydrogen) atoms. The molecule has 0 N–H and O–H groups in total. The molecule has 1 fully saturated rings. The topological polar surface area (TPSA) is 27.7 Å². The number of benzene rings is 1. The Kier molecular flexibility index (Phi) is 5.55. The Morgan fingerprint density at radius 1 is 1.39 bits per heavy atom. The molecule has 1 aromatic rings. The van der Waals surface area contributed by atoms with Gasteiger partial charge in [-0.1, -0.05) is 45.2 Å². The highest BCUT2D eigenvalue weighted by atomic mass is 79.9. The van der Waals surface area contributed by atoms with E-state index in [2.05, 4.69) is 20.7 Å². The van der Waals surface area contributed by atoms with Gasteiger partial charge in [-0.25, -0.2) is 8.78 Å². The van der Waals surface area contributed by atoms with Crippen LogP contribution in [0.4, 0.5) is 17.6 Å². The Morgan fingerprint density at radius 2 is 2.04 bits per heavy atom. The SMILES string of the molecule is CC1(CBr)OCC(OC(F)(F)C(F)F)(c2ccc(Cl)cc2Cl)O1. The number of ether oxygens (including phenoxy) is 3. The van der Waals surface area contributed by atoms with Crippen LogP contribution >= 0.6 is 39.1 Å². The molecule has 1 aromatic carbocycles. The molecule has 0 aliphatic carbocycles. The molecule has 2 rings (SSSR count). The van der Waals surface area contributed by atoms with Crippen LogP contribution in [-0.2, 0) is 20.0 Å². The van der Waals surface area contributed by atoms with Crippen LogP contribution in [0.2, 0.25) is 10.0 Å². The third-order valence-corrected chi connectivity index (χ3v) is 4.65. The maximum atomic E-state index is 13.5. The molecule has 3 nitrogen and oxygen atoms in total. The summed E-state index contributed by atoms with van der Waals surface area (Å²) in [4.78, 5) is 0. The summed E-state index contributed by atoms with van der Waals surface area (Å²) in [5.74, 6) is -3.66. The van der Waals surface area contributed by atoms with E-state index in [1.807, 2.05) is 0 Å². The molecule has 10 heteroatoms. The Labute approximate surface area is 147 Å². The number of rotatable bonds is 5. The fourth-order valence-corrected chi connectivity index (χ4v) is 2.85. The van der Waals surface area contributed by atoms with E-state index in [1.165, 1.54) is 25.1 Å². The standard InChI is InChI=1S/C13H11BrCl2F4O3/c1-11(5-14)21-6-12(22-11,23-13(19,20)10(17)18)8-3-2-7(15)4-9(8)16/h2-4,10H,5-6H2,1H3. The Bertz CT molecular complexity index is 592. The first kappa shape index (κ1) is 19.2. The van der Waals surface area contributed by atoms with Gasteiger partial charge in [0.25, 0.3) is 0 Å². The maximum absolute atomic E-state index is 13.5. The fourth-order valence-electron chi connectivity index (χ4n) is 2.02. The van der Waals surface area contributed by atoms with Crippen LogP contribution in [0, 0.1) is 0 Å². The highest BCUT2D eigenvalue weighted by Crippen LogP contribution is 2.47. The van der Waals surface area contributed by atoms with Crippen molar-refractivity contribution in [3.05, 3.63) is 33.8 Å². The molecule has 1 aliphatic heterocycles. The van der Waals surface area contributed by atoms with Crippen molar-refractivity contribution in [3.63, 3.8) is 0 Å². The van der Waals surface area contributed by atoms with Crippen molar-refractivity contribution in [2.24, 2.45) is 0 Å². The quantitative estimate of drug-likeness (QED) is 0.465. The molecule has 0 saturated carbocycles. The fraction of sp³-hybridized carbons (Fsp3) is 0.538. The van der Waals surface area contributed by atoms with Crippen LogP contribution in [0.25, 0.3) is 0 Å². The van der Waals surface area contributed by atoms with Crippen molar-refractivity contribution in [2.45, 2.75) is 31.0 Å². The van der Waals surface area contributed by atoms with Gasteiger partial charge in [-0.3, -0.25) is 4.74 Å². The first-order chi connectivity index (χ1) is 10.5. The van der Waals surface area contributed by atoms with Gasteiger partial charge in [0, 0.05) is 10.6 Å². The Hall–Kier alpha value is -0.120. The second-order valence-electron chi connectivity index (χ2n) is 5.00. The number of alkyl halides is 5. The Balaban J connectivity index is 2.49. The van der Waals surface area contributed by atoms with Crippen LogP contribution in [0.1, 0.15) is 12.5 Å². The first-order valence-corrected chi connectivity index (χ1v) is 8.13. The number of hydrogen-bond donors (Lipinski definition) is 0. The lowest BCUT2D eigenvalue weighted by Crippen LogP contribution is -2.45. The summed E-state index contributed by atoms with van der Waals surface area (Å²) >= 11 is 14.9. The highest BCUT2D eigenvalue weighted by molar-refractivity contribution is 9.09. The van der Waals surface area contributed by atoms with Crippen LogP contribution in [0.15, 0.2) is 18.2 Å². The van der Waals surface area contributed by atoms with Gasteiger partial charge in [-0.2, -0.15) is 8.78 Å². The van der Waals surface area contributed by atoms with Crippen molar-refractivity contribution >= 4 is 39.1 Å². The zero-order chi connectivity index (χ0) is 17.5. The minimum absolute atomic E-state index is 0.0787. The minimum Gasteiger partial charge on any atom is -0.343 e. The molecule has 130 valence electrons. The Morgan fingerprint density at radius 3 is 2.52 bits per heavy atom. The largest absolute Gasteiger partial charge is 0.419 e. The predicted molar refractivity (Wildman–Crippen MR) is 79.4 cm³/mol. The van der Waals surface area contributed by atoms with Crippen LogP contribution < -0.4 is 0 Å². The van der Waals surface area contributed by atoms with E-state index in [0.29, 0.717) is 0 Å². The molecule has 0 radical (unpaired) electrons.